The van der Waals surface area contributed by atoms with Crippen molar-refractivity contribution in [2.24, 2.45) is 16.3 Å². The monoisotopic (exact) mass is 144 g/mol. The van der Waals surface area contributed by atoms with Crippen LogP contribution in [-0.2, 0) is 9.59 Å². The molecule has 0 aromatic rings. The molecule has 0 radical (unpaired) electrons. The molecule has 0 aromatic heterocycles. The molecule has 56 valence electrons. The average Bonchev–Trinajstić information content (AvgIpc) is 1.81. The van der Waals surface area contributed by atoms with Crippen molar-refractivity contribution in [3.8, 4) is 0 Å². The van der Waals surface area contributed by atoms with Gasteiger partial charge >= 0.3 is 0 Å². The third-order valence-electron chi connectivity index (χ3n) is 0.738. The highest BCUT2D eigenvalue weighted by Gasteiger charge is 2.11. The quantitative estimate of drug-likeness (QED) is 0.309. The zero-order valence-electron chi connectivity index (χ0n) is 5.74. The minimum Gasteiger partial charge on any atom is -0.303 e. The van der Waals surface area contributed by atoms with Gasteiger partial charge in [0.2, 0.25) is 11.8 Å². The Hall–Kier alpha value is -1.46. The van der Waals surface area contributed by atoms with Crippen LogP contribution in [0.25, 0.3) is 0 Å². The summed E-state index contributed by atoms with van der Waals surface area (Å²) < 4.78 is 0. The Labute approximate surface area is 57.6 Å². The molecule has 0 atom stereocenters. The van der Waals surface area contributed by atoms with E-state index in [1.807, 2.05) is 0 Å². The molecule has 0 aliphatic rings. The second kappa shape index (κ2) is 3.54. The van der Waals surface area contributed by atoms with Gasteiger partial charge in [0.1, 0.15) is 0 Å². The van der Waals surface area contributed by atoms with E-state index >= 15 is 0 Å². The molecule has 0 aliphatic carbocycles. The van der Waals surface area contributed by atoms with Crippen LogP contribution in [0.2, 0.25) is 0 Å². The zero-order valence-corrected chi connectivity index (χ0v) is 5.74. The third kappa shape index (κ3) is 2.21. The van der Waals surface area contributed by atoms with Crippen LogP contribution < -0.4 is 5.84 Å². The molecule has 10 heavy (non-hydrogen) atoms. The molecule has 0 unspecified atom stereocenters. The zero-order chi connectivity index (χ0) is 8.15. The van der Waals surface area contributed by atoms with Crippen molar-refractivity contribution in [3.05, 3.63) is 0 Å². The first-order chi connectivity index (χ1) is 4.59. The average molecular weight is 144 g/mol. The maximum Gasteiger partial charge on any atom is 0.248 e. The van der Waals surface area contributed by atoms with Gasteiger partial charge in [-0.2, -0.15) is 0 Å². The fourth-order valence-electron chi connectivity index (χ4n) is 0.399. The van der Waals surface area contributed by atoms with E-state index in [1.54, 1.807) is 0 Å². The summed E-state index contributed by atoms with van der Waals surface area (Å²) >= 11 is 0. The van der Waals surface area contributed by atoms with E-state index in [4.69, 9.17) is 0 Å². The van der Waals surface area contributed by atoms with Gasteiger partial charge in [-0.25, -0.2) is 0 Å². The standard InChI is InChI=1S/C4H8N4O2/c1-3(9)8(4(2)10)7-6-5/h1-2H3,(H2,5,7). The van der Waals surface area contributed by atoms with Crippen molar-refractivity contribution >= 4 is 11.8 Å². The molecule has 6 nitrogen and oxygen atoms in total. The minimum absolute atomic E-state index is 0.512. The summed E-state index contributed by atoms with van der Waals surface area (Å²) in [4.78, 5) is 20.9. The van der Waals surface area contributed by atoms with E-state index in [0.29, 0.717) is 5.01 Å². The van der Waals surface area contributed by atoms with Gasteiger partial charge in [0, 0.05) is 13.8 Å². The largest absolute Gasteiger partial charge is 0.303 e. The molecule has 0 saturated heterocycles. The van der Waals surface area contributed by atoms with Gasteiger partial charge in [0.15, 0.2) is 0 Å². The van der Waals surface area contributed by atoms with Crippen LogP contribution in [0.5, 0.6) is 0 Å². The minimum atomic E-state index is -0.512. The second-order valence-corrected chi connectivity index (χ2v) is 1.55. The summed E-state index contributed by atoms with van der Waals surface area (Å²) in [5.41, 5.74) is 0. The van der Waals surface area contributed by atoms with Crippen LogP contribution in [0.4, 0.5) is 0 Å². The van der Waals surface area contributed by atoms with E-state index in [0.717, 1.165) is 0 Å². The fourth-order valence-corrected chi connectivity index (χ4v) is 0.399. The van der Waals surface area contributed by atoms with Gasteiger partial charge in [0.05, 0.1) is 0 Å². The Kier molecular flexibility index (Phi) is 3.03. The number of rotatable bonds is 1. The number of hydrogen-bond acceptors (Lipinski definition) is 4. The maximum absolute atomic E-state index is 10.5. The Morgan fingerprint density at radius 2 is 1.70 bits per heavy atom. The predicted octanol–water partition coefficient (Wildman–Crippen LogP) is -0.378. The van der Waals surface area contributed by atoms with Crippen molar-refractivity contribution in [1.29, 1.82) is 0 Å². The third-order valence-corrected chi connectivity index (χ3v) is 0.738. The molecule has 0 heterocycles. The van der Waals surface area contributed by atoms with E-state index < -0.39 is 11.8 Å². The van der Waals surface area contributed by atoms with Crippen LogP contribution in [0.1, 0.15) is 13.8 Å². The Balaban J connectivity index is 4.27. The summed E-state index contributed by atoms with van der Waals surface area (Å²) in [6.45, 7) is 2.38. The highest BCUT2D eigenvalue weighted by Crippen LogP contribution is 1.90. The first-order valence-corrected chi connectivity index (χ1v) is 2.51. The van der Waals surface area contributed by atoms with E-state index in [2.05, 4.69) is 16.3 Å². The number of amides is 2. The molecule has 2 N–H and O–H groups in total. The fraction of sp³-hybridized carbons (Fsp3) is 0.500. The van der Waals surface area contributed by atoms with Gasteiger partial charge in [-0.05, 0) is 5.22 Å². The molecule has 0 spiro atoms. The van der Waals surface area contributed by atoms with E-state index in [1.165, 1.54) is 13.8 Å². The van der Waals surface area contributed by atoms with Gasteiger partial charge in [-0.15, -0.1) is 5.01 Å². The van der Waals surface area contributed by atoms with E-state index in [9.17, 15) is 9.59 Å². The molecule has 0 rings (SSSR count). The topological polar surface area (TPSA) is 88.1 Å². The lowest BCUT2D eigenvalue weighted by Crippen LogP contribution is -2.27. The molecule has 0 aliphatic heterocycles. The van der Waals surface area contributed by atoms with Crippen LogP contribution in [0.15, 0.2) is 10.4 Å². The van der Waals surface area contributed by atoms with Gasteiger partial charge in [-0.1, -0.05) is 5.22 Å². The van der Waals surface area contributed by atoms with Crippen LogP contribution >= 0.6 is 0 Å². The van der Waals surface area contributed by atoms with Gasteiger partial charge in [0.25, 0.3) is 0 Å². The lowest BCUT2D eigenvalue weighted by atomic mass is 10.6. The number of imide groups is 1. The molecule has 2 amide bonds. The smallest absolute Gasteiger partial charge is 0.248 e. The molecule has 0 fully saturated rings. The highest BCUT2D eigenvalue weighted by atomic mass is 16.2. The summed E-state index contributed by atoms with van der Waals surface area (Å²) in [6, 6.07) is 0. The number of hydrogen-bond donors (Lipinski definition) is 1. The number of nitrogens with zero attached hydrogens (tertiary/aromatic N) is 3. The van der Waals surface area contributed by atoms with Crippen LogP contribution in [0, 0.1) is 0 Å². The highest BCUT2D eigenvalue weighted by molar-refractivity contribution is 5.92. The molecular formula is C4H8N4O2. The van der Waals surface area contributed by atoms with Crippen LogP contribution in [-0.4, -0.2) is 16.8 Å². The first-order valence-electron chi connectivity index (χ1n) is 2.51. The van der Waals surface area contributed by atoms with Gasteiger partial charge in [-0.3, -0.25) is 9.59 Å². The first kappa shape index (κ1) is 8.54. The van der Waals surface area contributed by atoms with Crippen molar-refractivity contribution in [3.63, 3.8) is 0 Å². The lowest BCUT2D eigenvalue weighted by molar-refractivity contribution is -0.142. The molecule has 0 bridgehead atoms. The van der Waals surface area contributed by atoms with Crippen LogP contribution in [0.3, 0.4) is 0 Å². The SMILES string of the molecule is CC(=O)N(N=NN)C(C)=O. The van der Waals surface area contributed by atoms with Crippen molar-refractivity contribution in [2.45, 2.75) is 13.8 Å². The van der Waals surface area contributed by atoms with E-state index in [-0.39, 0.29) is 0 Å². The summed E-state index contributed by atoms with van der Waals surface area (Å²) in [6.07, 6.45) is 0. The predicted molar refractivity (Wildman–Crippen MR) is 32.2 cm³/mol. The van der Waals surface area contributed by atoms with Gasteiger partial charge < -0.3 is 5.84 Å². The second-order valence-electron chi connectivity index (χ2n) is 1.55. The molecular weight excluding hydrogens is 136 g/mol. The van der Waals surface area contributed by atoms with Crippen molar-refractivity contribution in [2.75, 3.05) is 0 Å². The summed E-state index contributed by atoms with van der Waals surface area (Å²) in [5, 5.41) is 6.42. The lowest BCUT2D eigenvalue weighted by Gasteiger charge is -2.05. The summed E-state index contributed by atoms with van der Waals surface area (Å²) in [5.74, 6) is 3.59. The Morgan fingerprint density at radius 1 is 1.30 bits per heavy atom. The maximum atomic E-state index is 10.5. The molecule has 6 heteroatoms. The molecule has 0 aromatic carbocycles. The normalized spacial score (nSPS) is 9.80. The number of nitrogens with two attached hydrogens (primary N) is 1. The summed E-state index contributed by atoms with van der Waals surface area (Å²) in [7, 11) is 0. The van der Waals surface area contributed by atoms with Crippen molar-refractivity contribution < 1.29 is 9.59 Å². The Morgan fingerprint density at radius 3 is 1.80 bits per heavy atom. The number of carbonyl (C=O) groups excluding carboxylic acids is 2. The number of carbonyl (C=O) groups is 2. The molecule has 0 saturated carbocycles. The Bertz CT molecular complexity index is 162. The van der Waals surface area contributed by atoms with Crippen molar-refractivity contribution in [1.82, 2.24) is 5.01 Å².